The maximum atomic E-state index is 11.2. The highest BCUT2D eigenvalue weighted by Crippen LogP contribution is 2.31. The average molecular weight is 188 g/mol. The minimum Gasteiger partial charge on any atom is -0.463 e. The largest absolute Gasteiger partial charge is 0.463 e. The Morgan fingerprint density at radius 1 is 1.58 bits per heavy atom. The predicted molar refractivity (Wildman–Crippen MR) is 48.5 cm³/mol. The molecule has 12 heavy (non-hydrogen) atoms. The molecule has 3 nitrogen and oxygen atoms in total. The van der Waals surface area contributed by atoms with Gasteiger partial charge in [0.25, 0.3) is 0 Å². The van der Waals surface area contributed by atoms with Gasteiger partial charge in [0.15, 0.2) is 15.1 Å². The van der Waals surface area contributed by atoms with Crippen molar-refractivity contribution in [3.05, 3.63) is 0 Å². The van der Waals surface area contributed by atoms with E-state index in [1.54, 1.807) is 0 Å². The number of carbonyl (C=O) groups excluding carboxylic acids is 1. The average Bonchev–Trinajstić information content (AvgIpc) is 2.15. The molecular formula is C8H16O3Si. The van der Waals surface area contributed by atoms with Crippen molar-refractivity contribution >= 4 is 15.0 Å². The summed E-state index contributed by atoms with van der Waals surface area (Å²) in [6.45, 7) is 8.60. The molecule has 0 amide bonds. The maximum absolute atomic E-state index is 11.2. The van der Waals surface area contributed by atoms with Crippen LogP contribution in [0.5, 0.6) is 0 Å². The Balaban J connectivity index is 2.65. The van der Waals surface area contributed by atoms with E-state index in [0.717, 1.165) is 0 Å². The number of cyclic esters (lactones) is 1. The van der Waals surface area contributed by atoms with E-state index in [9.17, 15) is 4.79 Å². The standard InChI is InChI=1S/C8H16O3Si/c1-8(2)5-10-7(9)6(8)11-12(3)4/h6,12H,5H2,1-4H3. The first-order chi connectivity index (χ1) is 5.43. The summed E-state index contributed by atoms with van der Waals surface area (Å²) in [6.07, 6.45) is -0.329. The van der Waals surface area contributed by atoms with Crippen LogP contribution in [0.3, 0.4) is 0 Å². The molecule has 0 aromatic carbocycles. The van der Waals surface area contributed by atoms with E-state index in [-0.39, 0.29) is 17.5 Å². The molecule has 1 heterocycles. The molecule has 0 aromatic heterocycles. The third kappa shape index (κ3) is 1.87. The van der Waals surface area contributed by atoms with Crippen LogP contribution in [0.25, 0.3) is 0 Å². The van der Waals surface area contributed by atoms with Crippen LogP contribution in [0.15, 0.2) is 0 Å². The van der Waals surface area contributed by atoms with Crippen LogP contribution in [0.2, 0.25) is 13.1 Å². The van der Waals surface area contributed by atoms with Crippen molar-refractivity contribution in [2.45, 2.75) is 33.0 Å². The lowest BCUT2D eigenvalue weighted by molar-refractivity contribution is -0.144. The lowest BCUT2D eigenvalue weighted by Crippen LogP contribution is -2.36. The SMILES string of the molecule is C[SiH](C)OC1C(=O)OCC1(C)C. The number of rotatable bonds is 2. The zero-order chi connectivity index (χ0) is 9.35. The van der Waals surface area contributed by atoms with Crippen molar-refractivity contribution in [1.29, 1.82) is 0 Å². The molecule has 0 saturated carbocycles. The Kier molecular flexibility index (Phi) is 2.58. The van der Waals surface area contributed by atoms with E-state index >= 15 is 0 Å². The molecule has 1 saturated heterocycles. The van der Waals surface area contributed by atoms with Gasteiger partial charge in [-0.05, 0) is 13.1 Å². The first-order valence-electron chi connectivity index (χ1n) is 4.25. The van der Waals surface area contributed by atoms with Crippen molar-refractivity contribution < 1.29 is 14.0 Å². The fourth-order valence-electron chi connectivity index (χ4n) is 1.24. The summed E-state index contributed by atoms with van der Waals surface area (Å²) in [5, 5.41) is 0. The van der Waals surface area contributed by atoms with Gasteiger partial charge in [-0.1, -0.05) is 13.8 Å². The van der Waals surface area contributed by atoms with E-state index < -0.39 is 9.04 Å². The molecular weight excluding hydrogens is 172 g/mol. The summed E-state index contributed by atoms with van der Waals surface area (Å²) in [5.74, 6) is -0.193. The van der Waals surface area contributed by atoms with Gasteiger partial charge in [-0.2, -0.15) is 0 Å². The first kappa shape index (κ1) is 9.73. The van der Waals surface area contributed by atoms with Gasteiger partial charge in [0, 0.05) is 5.41 Å². The van der Waals surface area contributed by atoms with Crippen LogP contribution in [0.1, 0.15) is 13.8 Å². The van der Waals surface area contributed by atoms with Gasteiger partial charge in [-0.3, -0.25) is 0 Å². The van der Waals surface area contributed by atoms with Crippen LogP contribution in [0, 0.1) is 5.41 Å². The highest BCUT2D eigenvalue weighted by Gasteiger charge is 2.44. The zero-order valence-electron chi connectivity index (χ0n) is 8.09. The number of ether oxygens (including phenoxy) is 1. The van der Waals surface area contributed by atoms with E-state index in [2.05, 4.69) is 13.1 Å². The third-order valence-electron chi connectivity index (χ3n) is 1.92. The molecule has 4 heteroatoms. The van der Waals surface area contributed by atoms with Gasteiger partial charge in [0.05, 0.1) is 6.61 Å². The Morgan fingerprint density at radius 3 is 2.50 bits per heavy atom. The van der Waals surface area contributed by atoms with Crippen LogP contribution >= 0.6 is 0 Å². The van der Waals surface area contributed by atoms with Gasteiger partial charge in [-0.25, -0.2) is 4.79 Å². The van der Waals surface area contributed by atoms with Crippen LogP contribution in [-0.2, 0) is 14.0 Å². The lowest BCUT2D eigenvalue weighted by atomic mass is 9.90. The zero-order valence-corrected chi connectivity index (χ0v) is 9.24. The number of carbonyl (C=O) groups is 1. The van der Waals surface area contributed by atoms with Crippen LogP contribution in [-0.4, -0.2) is 27.7 Å². The Hall–Kier alpha value is -0.353. The Labute approximate surface area is 74.8 Å². The third-order valence-corrected chi connectivity index (χ3v) is 2.74. The molecule has 0 spiro atoms. The monoisotopic (exact) mass is 188 g/mol. The van der Waals surface area contributed by atoms with Gasteiger partial charge < -0.3 is 9.16 Å². The number of hydrogen-bond acceptors (Lipinski definition) is 3. The predicted octanol–water partition coefficient (Wildman–Crippen LogP) is 0.938. The normalized spacial score (nSPS) is 27.8. The lowest BCUT2D eigenvalue weighted by Gasteiger charge is -2.23. The summed E-state index contributed by atoms with van der Waals surface area (Å²) in [5.41, 5.74) is -0.144. The second kappa shape index (κ2) is 3.18. The highest BCUT2D eigenvalue weighted by molar-refractivity contribution is 6.48. The van der Waals surface area contributed by atoms with Gasteiger partial charge in [-0.15, -0.1) is 0 Å². The molecule has 0 bridgehead atoms. The van der Waals surface area contributed by atoms with Crippen molar-refractivity contribution in [2.24, 2.45) is 5.41 Å². The second-order valence-electron chi connectivity index (χ2n) is 4.16. The minimum atomic E-state index is -1.15. The van der Waals surface area contributed by atoms with E-state index in [1.807, 2.05) is 13.8 Å². The molecule has 1 aliphatic heterocycles. The summed E-state index contributed by atoms with van der Waals surface area (Å²) < 4.78 is 10.5. The fraction of sp³-hybridized carbons (Fsp3) is 0.875. The molecule has 1 unspecified atom stereocenters. The fourth-order valence-corrected chi connectivity index (χ4v) is 2.26. The summed E-state index contributed by atoms with van der Waals surface area (Å²) in [6, 6.07) is 0. The second-order valence-corrected chi connectivity index (χ2v) is 6.53. The van der Waals surface area contributed by atoms with Crippen molar-refractivity contribution in [1.82, 2.24) is 0 Å². The molecule has 1 aliphatic rings. The Bertz CT molecular complexity index is 189. The van der Waals surface area contributed by atoms with Gasteiger partial charge in [0.2, 0.25) is 0 Å². The topological polar surface area (TPSA) is 35.5 Å². The molecule has 0 aliphatic carbocycles. The molecule has 1 fully saturated rings. The van der Waals surface area contributed by atoms with E-state index in [0.29, 0.717) is 6.61 Å². The molecule has 1 rings (SSSR count). The molecule has 0 N–H and O–H groups in total. The summed E-state index contributed by atoms with van der Waals surface area (Å²) >= 11 is 0. The molecule has 0 aromatic rings. The first-order valence-corrected chi connectivity index (χ1v) is 7.03. The van der Waals surface area contributed by atoms with Crippen molar-refractivity contribution in [2.75, 3.05) is 6.61 Å². The molecule has 0 radical (unpaired) electrons. The van der Waals surface area contributed by atoms with Gasteiger partial charge in [0.1, 0.15) is 0 Å². The molecule has 70 valence electrons. The van der Waals surface area contributed by atoms with Gasteiger partial charge >= 0.3 is 5.97 Å². The number of hydrogen-bond donors (Lipinski definition) is 0. The highest BCUT2D eigenvalue weighted by atomic mass is 28.3. The van der Waals surface area contributed by atoms with E-state index in [1.165, 1.54) is 0 Å². The van der Waals surface area contributed by atoms with Crippen molar-refractivity contribution in [3.63, 3.8) is 0 Å². The smallest absolute Gasteiger partial charge is 0.334 e. The Morgan fingerprint density at radius 2 is 2.17 bits per heavy atom. The number of esters is 1. The summed E-state index contributed by atoms with van der Waals surface area (Å²) in [4.78, 5) is 11.2. The summed E-state index contributed by atoms with van der Waals surface area (Å²) in [7, 11) is -1.15. The van der Waals surface area contributed by atoms with E-state index in [4.69, 9.17) is 9.16 Å². The quantitative estimate of drug-likeness (QED) is 0.478. The van der Waals surface area contributed by atoms with Crippen LogP contribution in [0.4, 0.5) is 0 Å². The van der Waals surface area contributed by atoms with Crippen molar-refractivity contribution in [3.8, 4) is 0 Å². The van der Waals surface area contributed by atoms with Crippen LogP contribution < -0.4 is 0 Å². The maximum Gasteiger partial charge on any atom is 0.334 e. The minimum absolute atomic E-state index is 0.144. The molecule has 1 atom stereocenters.